The van der Waals surface area contributed by atoms with Gasteiger partial charge in [0.15, 0.2) is 5.54 Å². The molecule has 5 nitrogen and oxygen atoms in total. The summed E-state index contributed by atoms with van der Waals surface area (Å²) in [7, 11) is 0. The van der Waals surface area contributed by atoms with Gasteiger partial charge in [0.05, 0.1) is 6.61 Å². The van der Waals surface area contributed by atoms with Gasteiger partial charge in [-0.05, 0) is 31.1 Å². The first kappa shape index (κ1) is 15.3. The van der Waals surface area contributed by atoms with Gasteiger partial charge in [-0.25, -0.2) is 4.79 Å². The topological polar surface area (TPSA) is 75.6 Å². The molecule has 1 aromatic rings. The van der Waals surface area contributed by atoms with Crippen molar-refractivity contribution >= 4 is 18.0 Å². The molecular formula is C16H19NO4. The van der Waals surface area contributed by atoms with Gasteiger partial charge in [0.1, 0.15) is 0 Å². The number of hydrogen-bond acceptors (Lipinski definition) is 3. The molecule has 1 fully saturated rings. The number of aliphatic carboxylic acids is 1. The lowest BCUT2D eigenvalue weighted by Crippen LogP contribution is -2.54. The number of rotatable bonds is 4. The van der Waals surface area contributed by atoms with Crippen molar-refractivity contribution in [2.24, 2.45) is 0 Å². The summed E-state index contributed by atoms with van der Waals surface area (Å²) in [4.78, 5) is 23.2. The normalized spacial score (nSPS) is 21.6. The Morgan fingerprint density at radius 2 is 2.14 bits per heavy atom. The van der Waals surface area contributed by atoms with E-state index < -0.39 is 17.4 Å². The molecule has 5 heteroatoms. The summed E-state index contributed by atoms with van der Waals surface area (Å²) in [6, 6.07) is 5.93. The van der Waals surface area contributed by atoms with Crippen LogP contribution in [-0.4, -0.2) is 35.7 Å². The lowest BCUT2D eigenvalue weighted by Gasteiger charge is -2.22. The molecule has 2 N–H and O–H groups in total. The first-order valence-corrected chi connectivity index (χ1v) is 6.82. The lowest BCUT2D eigenvalue weighted by atomic mass is 9.99. The van der Waals surface area contributed by atoms with Gasteiger partial charge in [-0.1, -0.05) is 23.8 Å². The van der Waals surface area contributed by atoms with E-state index in [-0.39, 0.29) is 13.0 Å². The van der Waals surface area contributed by atoms with E-state index in [1.807, 2.05) is 32.0 Å². The summed E-state index contributed by atoms with van der Waals surface area (Å²) < 4.78 is 5.10. The predicted octanol–water partition coefficient (Wildman–Crippen LogP) is 1.68. The monoisotopic (exact) mass is 289 g/mol. The Balaban J connectivity index is 2.07. The van der Waals surface area contributed by atoms with Crippen molar-refractivity contribution in [3.05, 3.63) is 41.0 Å². The number of carbonyl (C=O) groups excluding carboxylic acids is 1. The summed E-state index contributed by atoms with van der Waals surface area (Å²) in [6.45, 7) is 4.32. The SMILES string of the molecule is Cc1ccc(C=CC(=O)NC2(C(=O)O)CCOC2)c(C)c1. The van der Waals surface area contributed by atoms with Crippen LogP contribution in [0, 0.1) is 13.8 Å². The molecule has 1 saturated heterocycles. The fraction of sp³-hybridized carbons (Fsp3) is 0.375. The highest BCUT2D eigenvalue weighted by molar-refractivity contribution is 5.96. The molecule has 0 aromatic heterocycles. The van der Waals surface area contributed by atoms with Gasteiger partial charge >= 0.3 is 5.97 Å². The van der Waals surface area contributed by atoms with Gasteiger partial charge < -0.3 is 15.2 Å². The van der Waals surface area contributed by atoms with Crippen molar-refractivity contribution in [2.45, 2.75) is 25.8 Å². The van der Waals surface area contributed by atoms with E-state index in [1.165, 1.54) is 6.08 Å². The van der Waals surface area contributed by atoms with Gasteiger partial charge in [0.25, 0.3) is 0 Å². The first-order chi connectivity index (χ1) is 9.93. The molecule has 112 valence electrons. The minimum absolute atomic E-state index is 0.00543. The number of amides is 1. The van der Waals surface area contributed by atoms with E-state index in [1.54, 1.807) is 6.08 Å². The third-order valence-electron chi connectivity index (χ3n) is 3.63. The summed E-state index contributed by atoms with van der Waals surface area (Å²) in [5.74, 6) is -1.49. The minimum Gasteiger partial charge on any atom is -0.479 e. The Morgan fingerprint density at radius 1 is 1.38 bits per heavy atom. The van der Waals surface area contributed by atoms with Crippen LogP contribution in [0.3, 0.4) is 0 Å². The van der Waals surface area contributed by atoms with Gasteiger partial charge in [-0.15, -0.1) is 0 Å². The molecule has 1 aliphatic rings. The molecule has 21 heavy (non-hydrogen) atoms. The van der Waals surface area contributed by atoms with Crippen LogP contribution >= 0.6 is 0 Å². The summed E-state index contributed by atoms with van der Waals surface area (Å²) in [5.41, 5.74) is 1.85. The Bertz CT molecular complexity index is 586. The molecular weight excluding hydrogens is 270 g/mol. The summed E-state index contributed by atoms with van der Waals surface area (Å²) in [5, 5.41) is 11.8. The molecule has 0 radical (unpaired) electrons. The van der Waals surface area contributed by atoms with Gasteiger partial charge in [-0.2, -0.15) is 0 Å². The van der Waals surface area contributed by atoms with Crippen molar-refractivity contribution < 1.29 is 19.4 Å². The highest BCUT2D eigenvalue weighted by Crippen LogP contribution is 2.19. The average molecular weight is 289 g/mol. The number of benzene rings is 1. The summed E-state index contributed by atoms with van der Waals surface area (Å²) in [6.07, 6.45) is 3.33. The second kappa shape index (κ2) is 6.10. The van der Waals surface area contributed by atoms with Crippen LogP contribution in [0.4, 0.5) is 0 Å². The smallest absolute Gasteiger partial charge is 0.331 e. The van der Waals surface area contributed by atoms with Gasteiger partial charge in [-0.3, -0.25) is 4.79 Å². The van der Waals surface area contributed by atoms with Crippen molar-refractivity contribution in [1.29, 1.82) is 0 Å². The molecule has 0 bridgehead atoms. The van der Waals surface area contributed by atoms with Crippen molar-refractivity contribution in [3.63, 3.8) is 0 Å². The number of carbonyl (C=O) groups is 2. The maximum Gasteiger partial charge on any atom is 0.331 e. The number of hydrogen-bond donors (Lipinski definition) is 2. The number of carboxylic acid groups (broad SMARTS) is 1. The van der Waals surface area contributed by atoms with Crippen LogP contribution < -0.4 is 5.32 Å². The average Bonchev–Trinajstić information content (AvgIpc) is 2.87. The van der Waals surface area contributed by atoms with Crippen LogP contribution in [0.25, 0.3) is 6.08 Å². The van der Waals surface area contributed by atoms with Crippen LogP contribution in [0.2, 0.25) is 0 Å². The fourth-order valence-electron chi connectivity index (χ4n) is 2.34. The maximum atomic E-state index is 11.9. The minimum atomic E-state index is -1.30. The number of ether oxygens (including phenoxy) is 1. The zero-order valence-corrected chi connectivity index (χ0v) is 12.2. The Kier molecular flexibility index (Phi) is 4.43. The molecule has 1 aromatic carbocycles. The molecule has 1 aliphatic heterocycles. The largest absolute Gasteiger partial charge is 0.479 e. The first-order valence-electron chi connectivity index (χ1n) is 6.82. The third-order valence-corrected chi connectivity index (χ3v) is 3.63. The molecule has 1 atom stereocenters. The quantitative estimate of drug-likeness (QED) is 0.827. The van der Waals surface area contributed by atoms with Crippen LogP contribution in [-0.2, 0) is 14.3 Å². The summed E-state index contributed by atoms with van der Waals surface area (Å²) >= 11 is 0. The highest BCUT2D eigenvalue weighted by Gasteiger charge is 2.43. The molecule has 0 aliphatic carbocycles. The van der Waals surface area contributed by atoms with E-state index in [0.29, 0.717) is 6.61 Å². The molecule has 1 amide bonds. The van der Waals surface area contributed by atoms with E-state index in [4.69, 9.17) is 4.74 Å². The second-order valence-electron chi connectivity index (χ2n) is 5.37. The predicted molar refractivity (Wildman–Crippen MR) is 78.9 cm³/mol. The lowest BCUT2D eigenvalue weighted by molar-refractivity contribution is -0.147. The van der Waals surface area contributed by atoms with Crippen molar-refractivity contribution in [1.82, 2.24) is 5.32 Å². The zero-order valence-electron chi connectivity index (χ0n) is 12.2. The van der Waals surface area contributed by atoms with E-state index in [9.17, 15) is 14.7 Å². The van der Waals surface area contributed by atoms with Crippen molar-refractivity contribution in [3.8, 4) is 0 Å². The van der Waals surface area contributed by atoms with E-state index in [0.717, 1.165) is 16.7 Å². The van der Waals surface area contributed by atoms with Gasteiger partial charge in [0, 0.05) is 19.1 Å². The third kappa shape index (κ3) is 3.49. The molecule has 2 rings (SSSR count). The van der Waals surface area contributed by atoms with Crippen molar-refractivity contribution in [2.75, 3.05) is 13.2 Å². The fourth-order valence-corrected chi connectivity index (χ4v) is 2.34. The van der Waals surface area contributed by atoms with Crippen LogP contribution in [0.15, 0.2) is 24.3 Å². The molecule has 1 heterocycles. The van der Waals surface area contributed by atoms with E-state index in [2.05, 4.69) is 5.32 Å². The Labute approximate surface area is 123 Å². The standard InChI is InChI=1S/C16H19NO4/c1-11-3-4-13(12(2)9-11)5-6-14(18)17-16(15(19)20)7-8-21-10-16/h3-6,9H,7-8,10H2,1-2H3,(H,17,18)(H,19,20). The molecule has 0 spiro atoms. The Morgan fingerprint density at radius 3 is 2.71 bits per heavy atom. The molecule has 1 unspecified atom stereocenters. The van der Waals surface area contributed by atoms with Crippen LogP contribution in [0.1, 0.15) is 23.1 Å². The number of nitrogens with one attached hydrogen (secondary N) is 1. The number of carboxylic acids is 1. The van der Waals surface area contributed by atoms with E-state index >= 15 is 0 Å². The van der Waals surface area contributed by atoms with Gasteiger partial charge in [0.2, 0.25) is 5.91 Å². The second-order valence-corrected chi connectivity index (χ2v) is 5.37. The number of aryl methyl sites for hydroxylation is 2. The molecule has 0 saturated carbocycles. The zero-order chi connectivity index (χ0) is 15.5. The highest BCUT2D eigenvalue weighted by atomic mass is 16.5. The Hall–Kier alpha value is -2.14. The maximum absolute atomic E-state index is 11.9. The van der Waals surface area contributed by atoms with Crippen LogP contribution in [0.5, 0.6) is 0 Å².